The van der Waals surface area contributed by atoms with Crippen LogP contribution in [0.15, 0.2) is 53.7 Å². The average Bonchev–Trinajstić information content (AvgIpc) is 3.24. The predicted molar refractivity (Wildman–Crippen MR) is 133 cm³/mol. The summed E-state index contributed by atoms with van der Waals surface area (Å²) in [5, 5.41) is -0.332. The number of anilines is 2. The number of nitrogens with zero attached hydrogens (tertiary/aromatic N) is 4. The number of rotatable bonds is 7. The standard InChI is InChI=1S/C24H28N6O4S/c1-15(2)34-21-12-9-17(14-26-21)19-11-10-18(23(27-19)30-13-5-6-16(30)3)24(31)29-35(32,33)22-8-4-7-20(25)28-22/h4,7-12,14-16H,5-6,13H2,1-3H3,(H2,25,28)(H,29,31). The lowest BCUT2D eigenvalue weighted by atomic mass is 10.1. The highest BCUT2D eigenvalue weighted by Gasteiger charge is 2.29. The summed E-state index contributed by atoms with van der Waals surface area (Å²) in [6.45, 7) is 6.61. The molecule has 3 aromatic rings. The lowest BCUT2D eigenvalue weighted by molar-refractivity contribution is 0.0981. The van der Waals surface area contributed by atoms with E-state index in [-0.39, 0.29) is 28.6 Å². The van der Waals surface area contributed by atoms with E-state index >= 15 is 0 Å². The molecule has 1 fully saturated rings. The third-order valence-corrected chi connectivity index (χ3v) is 6.81. The Bertz CT molecular complexity index is 1330. The number of pyridine rings is 3. The summed E-state index contributed by atoms with van der Waals surface area (Å²) in [7, 11) is -4.22. The Balaban J connectivity index is 1.68. The number of nitrogen functional groups attached to an aromatic ring is 1. The van der Waals surface area contributed by atoms with Crippen LogP contribution in [-0.4, -0.2) is 48.0 Å². The van der Waals surface area contributed by atoms with Gasteiger partial charge in [-0.1, -0.05) is 6.07 Å². The van der Waals surface area contributed by atoms with Crippen molar-refractivity contribution in [1.29, 1.82) is 0 Å². The molecule has 35 heavy (non-hydrogen) atoms. The van der Waals surface area contributed by atoms with Gasteiger partial charge in [0.25, 0.3) is 15.9 Å². The SMILES string of the molecule is CC(C)Oc1ccc(-c2ccc(C(=O)NS(=O)(=O)c3cccc(N)n3)c(N3CCCC3C)n2)cn1. The largest absolute Gasteiger partial charge is 0.475 e. The molecule has 1 aliphatic rings. The molecule has 3 aromatic heterocycles. The van der Waals surface area contributed by atoms with E-state index in [9.17, 15) is 13.2 Å². The summed E-state index contributed by atoms with van der Waals surface area (Å²) in [4.78, 5) is 28.1. The number of sulfonamides is 1. The quantitative estimate of drug-likeness (QED) is 0.505. The van der Waals surface area contributed by atoms with Crippen LogP contribution >= 0.6 is 0 Å². The topological polar surface area (TPSA) is 140 Å². The molecule has 0 radical (unpaired) electrons. The molecule has 1 unspecified atom stereocenters. The fourth-order valence-corrected chi connectivity index (χ4v) is 4.85. The first-order chi connectivity index (χ1) is 16.6. The maximum Gasteiger partial charge on any atom is 0.281 e. The number of ether oxygens (including phenoxy) is 1. The highest BCUT2D eigenvalue weighted by molar-refractivity contribution is 7.90. The molecule has 4 heterocycles. The number of carbonyl (C=O) groups excluding carboxylic acids is 1. The van der Waals surface area contributed by atoms with Crippen LogP contribution in [0.1, 0.15) is 44.0 Å². The van der Waals surface area contributed by atoms with E-state index in [1.807, 2.05) is 24.8 Å². The molecule has 11 heteroatoms. The molecule has 0 bridgehead atoms. The summed E-state index contributed by atoms with van der Waals surface area (Å²) in [6.07, 6.45) is 3.56. The molecule has 1 aliphatic heterocycles. The number of nitrogens with one attached hydrogen (secondary N) is 1. The maximum atomic E-state index is 13.2. The first kappa shape index (κ1) is 24.4. The minimum Gasteiger partial charge on any atom is -0.475 e. The number of hydrogen-bond acceptors (Lipinski definition) is 9. The third kappa shape index (κ3) is 5.51. The Morgan fingerprint density at radius 3 is 2.60 bits per heavy atom. The monoisotopic (exact) mass is 496 g/mol. The van der Waals surface area contributed by atoms with Gasteiger partial charge in [0.1, 0.15) is 11.6 Å². The van der Waals surface area contributed by atoms with Gasteiger partial charge in [-0.05, 0) is 63.9 Å². The van der Waals surface area contributed by atoms with Gasteiger partial charge in [-0.15, -0.1) is 0 Å². The van der Waals surface area contributed by atoms with Crippen LogP contribution in [0, 0.1) is 0 Å². The van der Waals surface area contributed by atoms with Crippen LogP contribution in [0.3, 0.4) is 0 Å². The van der Waals surface area contributed by atoms with Crippen molar-refractivity contribution in [3.63, 3.8) is 0 Å². The van der Waals surface area contributed by atoms with Gasteiger partial charge in [-0.2, -0.15) is 8.42 Å². The van der Waals surface area contributed by atoms with Crippen molar-refractivity contribution < 1.29 is 17.9 Å². The fourth-order valence-electron chi connectivity index (χ4n) is 3.91. The lowest BCUT2D eigenvalue weighted by Crippen LogP contribution is -2.35. The zero-order valence-electron chi connectivity index (χ0n) is 19.8. The van der Waals surface area contributed by atoms with Gasteiger partial charge >= 0.3 is 0 Å². The number of amides is 1. The number of carbonyl (C=O) groups is 1. The third-order valence-electron chi connectivity index (χ3n) is 5.58. The zero-order chi connectivity index (χ0) is 25.2. The second-order valence-corrected chi connectivity index (χ2v) is 10.3. The van der Waals surface area contributed by atoms with Crippen molar-refractivity contribution in [3.05, 3.63) is 54.2 Å². The molecule has 1 amide bonds. The van der Waals surface area contributed by atoms with Crippen molar-refractivity contribution in [2.45, 2.75) is 50.8 Å². The zero-order valence-corrected chi connectivity index (χ0v) is 20.6. The van der Waals surface area contributed by atoms with Crippen molar-refractivity contribution >= 4 is 27.6 Å². The second-order valence-electron chi connectivity index (χ2n) is 8.64. The molecule has 0 aromatic carbocycles. The van der Waals surface area contributed by atoms with E-state index in [1.54, 1.807) is 24.4 Å². The molecule has 0 saturated carbocycles. The van der Waals surface area contributed by atoms with Crippen LogP contribution in [0.4, 0.5) is 11.6 Å². The normalized spacial score (nSPS) is 15.9. The Hall–Kier alpha value is -3.73. The molecule has 1 saturated heterocycles. The summed E-state index contributed by atoms with van der Waals surface area (Å²) in [5.41, 5.74) is 7.12. The highest BCUT2D eigenvalue weighted by Crippen LogP contribution is 2.30. The van der Waals surface area contributed by atoms with Gasteiger partial charge in [0.15, 0.2) is 5.03 Å². The smallest absolute Gasteiger partial charge is 0.281 e. The molecule has 1 atom stereocenters. The first-order valence-corrected chi connectivity index (χ1v) is 12.8. The van der Waals surface area contributed by atoms with E-state index in [2.05, 4.69) is 21.6 Å². The summed E-state index contributed by atoms with van der Waals surface area (Å²) >= 11 is 0. The fraction of sp³-hybridized carbons (Fsp3) is 0.333. The van der Waals surface area contributed by atoms with Gasteiger partial charge in [-0.25, -0.2) is 19.7 Å². The number of nitrogens with two attached hydrogens (primary N) is 1. The number of aromatic nitrogens is 3. The summed E-state index contributed by atoms with van der Waals surface area (Å²) in [6, 6.07) is 11.2. The molecule has 0 spiro atoms. The molecule has 0 aliphatic carbocycles. The van der Waals surface area contributed by atoms with Crippen molar-refractivity contribution in [2.24, 2.45) is 0 Å². The minimum absolute atomic E-state index is 0.00586. The Morgan fingerprint density at radius 1 is 1.17 bits per heavy atom. The highest BCUT2D eigenvalue weighted by atomic mass is 32.2. The van der Waals surface area contributed by atoms with Gasteiger partial charge < -0.3 is 15.4 Å². The molecule has 3 N–H and O–H groups in total. The van der Waals surface area contributed by atoms with E-state index in [0.29, 0.717) is 23.9 Å². The van der Waals surface area contributed by atoms with E-state index < -0.39 is 15.9 Å². The Kier molecular flexibility index (Phi) is 6.88. The van der Waals surface area contributed by atoms with Crippen LogP contribution in [0.25, 0.3) is 11.3 Å². The van der Waals surface area contributed by atoms with Crippen LogP contribution in [0.2, 0.25) is 0 Å². The van der Waals surface area contributed by atoms with E-state index in [0.717, 1.165) is 18.4 Å². The van der Waals surface area contributed by atoms with Gasteiger partial charge in [0.2, 0.25) is 5.88 Å². The Labute approximate surface area is 204 Å². The maximum absolute atomic E-state index is 13.2. The van der Waals surface area contributed by atoms with Gasteiger partial charge in [0, 0.05) is 30.4 Å². The molecular formula is C24H28N6O4S. The molecular weight excluding hydrogens is 468 g/mol. The van der Waals surface area contributed by atoms with Crippen molar-refractivity contribution in [1.82, 2.24) is 19.7 Å². The van der Waals surface area contributed by atoms with Gasteiger partial charge in [0.05, 0.1) is 17.4 Å². The van der Waals surface area contributed by atoms with E-state index in [1.165, 1.54) is 18.2 Å². The van der Waals surface area contributed by atoms with Gasteiger partial charge in [-0.3, -0.25) is 4.79 Å². The first-order valence-electron chi connectivity index (χ1n) is 11.3. The second kappa shape index (κ2) is 9.87. The predicted octanol–water partition coefficient (Wildman–Crippen LogP) is 3.02. The summed E-state index contributed by atoms with van der Waals surface area (Å²) < 4.78 is 33.2. The average molecular weight is 497 g/mol. The molecule has 184 valence electrons. The van der Waals surface area contributed by atoms with E-state index in [4.69, 9.17) is 15.5 Å². The van der Waals surface area contributed by atoms with Crippen molar-refractivity contribution in [3.8, 4) is 17.1 Å². The molecule has 10 nitrogen and oxygen atoms in total. The lowest BCUT2D eigenvalue weighted by Gasteiger charge is -2.25. The molecule has 4 rings (SSSR count). The summed E-state index contributed by atoms with van der Waals surface area (Å²) in [5.74, 6) is 0.175. The van der Waals surface area contributed by atoms with Crippen LogP contribution in [-0.2, 0) is 10.0 Å². The van der Waals surface area contributed by atoms with Crippen LogP contribution in [0.5, 0.6) is 5.88 Å². The minimum atomic E-state index is -4.22. The van der Waals surface area contributed by atoms with Crippen molar-refractivity contribution in [2.75, 3.05) is 17.2 Å². The Morgan fingerprint density at radius 2 is 1.97 bits per heavy atom. The van der Waals surface area contributed by atoms with Crippen LogP contribution < -0.4 is 20.1 Å². The number of hydrogen-bond donors (Lipinski definition) is 2.